The van der Waals surface area contributed by atoms with Crippen molar-refractivity contribution in [1.82, 2.24) is 4.57 Å². The molecule has 0 radical (unpaired) electrons. The summed E-state index contributed by atoms with van der Waals surface area (Å²) in [5.41, 5.74) is 10.4. The number of carbonyl (C=O) groups is 1. The van der Waals surface area contributed by atoms with Crippen molar-refractivity contribution in [3.05, 3.63) is 40.9 Å². The van der Waals surface area contributed by atoms with Gasteiger partial charge in [0.2, 0.25) is 5.91 Å². The highest BCUT2D eigenvalue weighted by Gasteiger charge is 2.30. The van der Waals surface area contributed by atoms with E-state index >= 15 is 0 Å². The molecule has 0 bridgehead atoms. The first-order valence-corrected chi connectivity index (χ1v) is 6.55. The molecule has 3 rings (SSSR count). The van der Waals surface area contributed by atoms with Crippen molar-refractivity contribution in [1.29, 1.82) is 0 Å². The summed E-state index contributed by atoms with van der Waals surface area (Å²) in [5, 5.41) is 4.69. The Kier molecular flexibility index (Phi) is 3.08. The predicted octanol–water partition coefficient (Wildman–Crippen LogP) is 2.84. The molecule has 0 saturated carbocycles. The van der Waals surface area contributed by atoms with Crippen molar-refractivity contribution in [2.75, 3.05) is 18.0 Å². The number of nitrogens with zero attached hydrogens (tertiary/aromatic N) is 5. The lowest BCUT2D eigenvalue weighted by Gasteiger charge is -2.16. The average Bonchev–Trinajstić information content (AvgIpc) is 3.00. The smallest absolute Gasteiger partial charge is 0.227 e. The van der Waals surface area contributed by atoms with Crippen molar-refractivity contribution >= 4 is 22.5 Å². The highest BCUT2D eigenvalue weighted by atomic mass is 16.2. The van der Waals surface area contributed by atoms with E-state index in [1.807, 2.05) is 37.5 Å². The normalized spacial score (nSPS) is 18.6. The van der Waals surface area contributed by atoms with Gasteiger partial charge in [-0.2, -0.15) is 0 Å². The van der Waals surface area contributed by atoms with Gasteiger partial charge in [-0.1, -0.05) is 5.11 Å². The largest absolute Gasteiger partial charge is 0.351 e. The van der Waals surface area contributed by atoms with Crippen molar-refractivity contribution in [3.63, 3.8) is 0 Å². The minimum absolute atomic E-state index is 0.0958. The Labute approximate surface area is 116 Å². The van der Waals surface area contributed by atoms with Crippen LogP contribution in [0.25, 0.3) is 21.3 Å². The fourth-order valence-corrected chi connectivity index (χ4v) is 2.74. The van der Waals surface area contributed by atoms with Crippen LogP contribution in [0, 0.1) is 5.92 Å². The molecule has 0 N–H and O–H groups in total. The highest BCUT2D eigenvalue weighted by Crippen LogP contribution is 2.28. The molecule has 102 valence electrons. The number of benzene rings is 1. The molecule has 1 saturated heterocycles. The standard InChI is InChI=1S/C14H15N5O/c1-18-5-4-11-7-12(2-3-13(11)18)19-9-10(6-14(19)20)8-16-17-15/h2-5,7,10H,6,8-9H2,1H3. The zero-order chi connectivity index (χ0) is 14.1. The van der Waals surface area contributed by atoms with Crippen LogP contribution in [0.5, 0.6) is 0 Å². The van der Waals surface area contributed by atoms with Crippen LogP contribution in [-0.2, 0) is 11.8 Å². The molecular weight excluding hydrogens is 254 g/mol. The monoisotopic (exact) mass is 269 g/mol. The maximum Gasteiger partial charge on any atom is 0.227 e. The minimum atomic E-state index is 0.0958. The molecular formula is C14H15N5O. The molecule has 2 heterocycles. The van der Waals surface area contributed by atoms with E-state index < -0.39 is 0 Å². The van der Waals surface area contributed by atoms with Crippen molar-refractivity contribution in [2.45, 2.75) is 6.42 Å². The number of anilines is 1. The number of hydrogen-bond donors (Lipinski definition) is 0. The maximum absolute atomic E-state index is 12.1. The molecule has 1 aliphatic heterocycles. The van der Waals surface area contributed by atoms with E-state index in [9.17, 15) is 4.79 Å². The summed E-state index contributed by atoms with van der Waals surface area (Å²) in [5.74, 6) is 0.211. The molecule has 20 heavy (non-hydrogen) atoms. The fourth-order valence-electron chi connectivity index (χ4n) is 2.74. The van der Waals surface area contributed by atoms with Crippen LogP contribution >= 0.6 is 0 Å². The fraction of sp³-hybridized carbons (Fsp3) is 0.357. The second-order valence-electron chi connectivity index (χ2n) is 5.16. The zero-order valence-electron chi connectivity index (χ0n) is 11.2. The Hall–Kier alpha value is -2.46. The van der Waals surface area contributed by atoms with Crippen molar-refractivity contribution in [3.8, 4) is 0 Å². The Bertz CT molecular complexity index is 713. The SMILES string of the molecule is Cn1ccc2cc(N3CC(CN=[N+]=[N-])CC3=O)ccc21. The van der Waals surface area contributed by atoms with Crippen LogP contribution in [0.2, 0.25) is 0 Å². The molecule has 6 nitrogen and oxygen atoms in total. The van der Waals surface area contributed by atoms with Gasteiger partial charge in [-0.05, 0) is 35.7 Å². The molecule has 0 spiro atoms. The second-order valence-corrected chi connectivity index (χ2v) is 5.16. The van der Waals surface area contributed by atoms with Gasteiger partial charge in [0.1, 0.15) is 0 Å². The van der Waals surface area contributed by atoms with Gasteiger partial charge in [0.25, 0.3) is 0 Å². The first kappa shape index (κ1) is 12.6. The quantitative estimate of drug-likeness (QED) is 0.479. The van der Waals surface area contributed by atoms with Crippen LogP contribution in [0.15, 0.2) is 35.6 Å². The number of carbonyl (C=O) groups excluding carboxylic acids is 1. The third-order valence-electron chi connectivity index (χ3n) is 3.79. The summed E-state index contributed by atoms with van der Waals surface area (Å²) >= 11 is 0. The Balaban J connectivity index is 1.87. The first-order valence-electron chi connectivity index (χ1n) is 6.55. The molecule has 1 aliphatic rings. The molecule has 1 atom stereocenters. The molecule has 2 aromatic rings. The number of fused-ring (bicyclic) bond motifs is 1. The summed E-state index contributed by atoms with van der Waals surface area (Å²) in [6.07, 6.45) is 2.45. The predicted molar refractivity (Wildman–Crippen MR) is 77.4 cm³/mol. The van der Waals surface area contributed by atoms with E-state index in [2.05, 4.69) is 14.6 Å². The van der Waals surface area contributed by atoms with Gasteiger partial charge in [0.05, 0.1) is 0 Å². The maximum atomic E-state index is 12.1. The minimum Gasteiger partial charge on any atom is -0.351 e. The van der Waals surface area contributed by atoms with Gasteiger partial charge in [0, 0.05) is 54.3 Å². The van der Waals surface area contributed by atoms with Crippen LogP contribution in [0.3, 0.4) is 0 Å². The van der Waals surface area contributed by atoms with Crippen molar-refractivity contribution in [2.24, 2.45) is 18.1 Å². The summed E-state index contributed by atoms with van der Waals surface area (Å²) in [4.78, 5) is 16.6. The van der Waals surface area contributed by atoms with Crippen LogP contribution < -0.4 is 4.90 Å². The number of aromatic nitrogens is 1. The zero-order valence-corrected chi connectivity index (χ0v) is 11.2. The van der Waals surface area contributed by atoms with Crippen molar-refractivity contribution < 1.29 is 4.79 Å². The van der Waals surface area contributed by atoms with E-state index in [0.29, 0.717) is 19.5 Å². The lowest BCUT2D eigenvalue weighted by atomic mass is 10.1. The van der Waals surface area contributed by atoms with Gasteiger partial charge >= 0.3 is 0 Å². The Morgan fingerprint density at radius 2 is 2.30 bits per heavy atom. The molecule has 0 aliphatic carbocycles. The topological polar surface area (TPSA) is 74.0 Å². The van der Waals surface area contributed by atoms with E-state index in [1.54, 1.807) is 4.90 Å². The van der Waals surface area contributed by atoms with E-state index in [0.717, 1.165) is 16.6 Å². The molecule has 1 amide bonds. The van der Waals surface area contributed by atoms with E-state index in [-0.39, 0.29) is 11.8 Å². The molecule has 1 aromatic heterocycles. The first-order chi connectivity index (χ1) is 9.69. The van der Waals surface area contributed by atoms with Gasteiger partial charge < -0.3 is 9.47 Å². The molecule has 1 unspecified atom stereocenters. The summed E-state index contributed by atoms with van der Waals surface area (Å²) in [6, 6.07) is 8.06. The average molecular weight is 269 g/mol. The highest BCUT2D eigenvalue weighted by molar-refractivity contribution is 5.98. The van der Waals surface area contributed by atoms with Crippen LogP contribution in [0.1, 0.15) is 6.42 Å². The number of hydrogen-bond acceptors (Lipinski definition) is 2. The van der Waals surface area contributed by atoms with Crippen LogP contribution in [-0.4, -0.2) is 23.6 Å². The second kappa shape index (κ2) is 4.90. The van der Waals surface area contributed by atoms with Gasteiger partial charge in [-0.25, -0.2) is 0 Å². The Morgan fingerprint density at radius 1 is 1.45 bits per heavy atom. The lowest BCUT2D eigenvalue weighted by Crippen LogP contribution is -2.24. The molecule has 6 heteroatoms. The number of azide groups is 1. The van der Waals surface area contributed by atoms with Gasteiger partial charge in [0.15, 0.2) is 0 Å². The number of rotatable bonds is 3. The lowest BCUT2D eigenvalue weighted by molar-refractivity contribution is -0.117. The molecule has 1 aromatic carbocycles. The summed E-state index contributed by atoms with van der Waals surface area (Å²) in [6.45, 7) is 1.00. The number of amides is 1. The summed E-state index contributed by atoms with van der Waals surface area (Å²) < 4.78 is 2.05. The van der Waals surface area contributed by atoms with Gasteiger partial charge in [-0.15, -0.1) is 0 Å². The van der Waals surface area contributed by atoms with E-state index in [1.165, 1.54) is 0 Å². The van der Waals surface area contributed by atoms with Gasteiger partial charge in [-0.3, -0.25) is 4.79 Å². The van der Waals surface area contributed by atoms with Crippen LogP contribution in [0.4, 0.5) is 5.69 Å². The third kappa shape index (κ3) is 2.10. The number of aryl methyl sites for hydroxylation is 1. The molecule has 1 fully saturated rings. The van der Waals surface area contributed by atoms with E-state index in [4.69, 9.17) is 5.53 Å². The summed E-state index contributed by atoms with van der Waals surface area (Å²) in [7, 11) is 2.00. The Morgan fingerprint density at radius 3 is 3.10 bits per heavy atom. The third-order valence-corrected chi connectivity index (χ3v) is 3.79.